The molecule has 1 saturated heterocycles. The number of furan rings is 1. The van der Waals surface area contributed by atoms with E-state index in [1.807, 2.05) is 0 Å². The number of carbonyl (C=O) groups excluding carboxylic acids is 1. The summed E-state index contributed by atoms with van der Waals surface area (Å²) in [6.45, 7) is 1.18. The lowest BCUT2D eigenvalue weighted by Crippen LogP contribution is -2.25. The van der Waals surface area contributed by atoms with Crippen molar-refractivity contribution in [2.75, 3.05) is 13.2 Å². The van der Waals surface area contributed by atoms with Crippen LogP contribution in [0.15, 0.2) is 27.5 Å². The zero-order chi connectivity index (χ0) is 13.8. The summed E-state index contributed by atoms with van der Waals surface area (Å²) in [5, 5.41) is 6.64. The van der Waals surface area contributed by atoms with E-state index in [-0.39, 0.29) is 12.0 Å². The number of nitrogens with zero attached hydrogens (tertiary/aromatic N) is 2. The average Bonchev–Trinajstić information content (AvgIpc) is 3.20. The molecule has 7 heteroatoms. The molecule has 0 spiro atoms. The molecule has 0 aliphatic carbocycles. The summed E-state index contributed by atoms with van der Waals surface area (Å²) in [7, 11) is 0. The molecule has 1 amide bonds. The van der Waals surface area contributed by atoms with Crippen molar-refractivity contribution in [1.82, 2.24) is 15.5 Å². The molecule has 1 N–H and O–H groups in total. The lowest BCUT2D eigenvalue weighted by molar-refractivity contribution is 0.0835. The SMILES string of the molecule is O=C(NCCc1noc([C@H]2CCCO2)n1)c1ccoc1. The Morgan fingerprint density at radius 1 is 1.50 bits per heavy atom. The van der Waals surface area contributed by atoms with Gasteiger partial charge in [0, 0.05) is 19.6 Å². The number of hydrogen-bond acceptors (Lipinski definition) is 6. The summed E-state index contributed by atoms with van der Waals surface area (Å²) in [6, 6.07) is 1.61. The van der Waals surface area contributed by atoms with Gasteiger partial charge in [0.05, 0.1) is 11.8 Å². The molecule has 20 heavy (non-hydrogen) atoms. The standard InChI is InChI=1S/C13H15N3O4/c17-12(9-4-7-18-8-9)14-5-3-11-15-13(20-16-11)10-2-1-6-19-10/h4,7-8,10H,1-3,5-6H2,(H,14,17)/t10-/m1/s1. The summed E-state index contributed by atoms with van der Waals surface area (Å²) in [6.07, 6.45) is 5.24. The van der Waals surface area contributed by atoms with E-state index >= 15 is 0 Å². The number of aromatic nitrogens is 2. The zero-order valence-corrected chi connectivity index (χ0v) is 10.9. The molecule has 1 aliphatic heterocycles. The van der Waals surface area contributed by atoms with Gasteiger partial charge in [-0.05, 0) is 18.9 Å². The summed E-state index contributed by atoms with van der Waals surface area (Å²) in [4.78, 5) is 15.9. The van der Waals surface area contributed by atoms with Gasteiger partial charge in [0.2, 0.25) is 0 Å². The number of carbonyl (C=O) groups is 1. The predicted molar refractivity (Wildman–Crippen MR) is 67.0 cm³/mol. The molecule has 0 saturated carbocycles. The predicted octanol–water partition coefficient (Wildman–Crippen LogP) is 1.49. The molecule has 3 rings (SSSR count). The Bertz CT molecular complexity index is 558. The molecule has 0 aromatic carbocycles. The van der Waals surface area contributed by atoms with Crippen molar-refractivity contribution >= 4 is 5.91 Å². The molecule has 0 radical (unpaired) electrons. The van der Waals surface area contributed by atoms with Crippen LogP contribution in [0.2, 0.25) is 0 Å². The molecular formula is C13H15N3O4. The van der Waals surface area contributed by atoms with Crippen LogP contribution in [-0.2, 0) is 11.2 Å². The fourth-order valence-corrected chi connectivity index (χ4v) is 2.06. The number of rotatable bonds is 5. The maximum atomic E-state index is 11.7. The molecule has 2 aromatic rings. The van der Waals surface area contributed by atoms with Crippen molar-refractivity contribution < 1.29 is 18.5 Å². The fourth-order valence-electron chi connectivity index (χ4n) is 2.06. The van der Waals surface area contributed by atoms with Gasteiger partial charge in [0.1, 0.15) is 12.4 Å². The second-order valence-electron chi connectivity index (χ2n) is 4.57. The van der Waals surface area contributed by atoms with E-state index in [9.17, 15) is 4.79 Å². The van der Waals surface area contributed by atoms with Crippen molar-refractivity contribution in [2.24, 2.45) is 0 Å². The van der Waals surface area contributed by atoms with Gasteiger partial charge in [-0.15, -0.1) is 0 Å². The molecule has 7 nitrogen and oxygen atoms in total. The number of ether oxygens (including phenoxy) is 1. The Labute approximate surface area is 115 Å². The van der Waals surface area contributed by atoms with Crippen LogP contribution in [0, 0.1) is 0 Å². The zero-order valence-electron chi connectivity index (χ0n) is 10.9. The lowest BCUT2D eigenvalue weighted by atomic mass is 10.2. The summed E-state index contributed by atoms with van der Waals surface area (Å²) < 4.78 is 15.5. The average molecular weight is 277 g/mol. The molecule has 106 valence electrons. The van der Waals surface area contributed by atoms with Crippen LogP contribution in [-0.4, -0.2) is 29.2 Å². The van der Waals surface area contributed by atoms with Gasteiger partial charge in [-0.2, -0.15) is 4.98 Å². The number of nitrogens with one attached hydrogen (secondary N) is 1. The van der Waals surface area contributed by atoms with Crippen LogP contribution in [0.4, 0.5) is 0 Å². The van der Waals surface area contributed by atoms with Crippen molar-refractivity contribution in [2.45, 2.75) is 25.4 Å². The minimum atomic E-state index is -0.179. The van der Waals surface area contributed by atoms with Crippen LogP contribution in [0.25, 0.3) is 0 Å². The molecular weight excluding hydrogens is 262 g/mol. The van der Waals surface area contributed by atoms with Crippen LogP contribution in [0.1, 0.15) is 41.0 Å². The third-order valence-electron chi connectivity index (χ3n) is 3.11. The minimum Gasteiger partial charge on any atom is -0.472 e. The summed E-state index contributed by atoms with van der Waals surface area (Å²) in [5.74, 6) is 0.920. The van der Waals surface area contributed by atoms with E-state index < -0.39 is 0 Å². The van der Waals surface area contributed by atoms with Crippen LogP contribution < -0.4 is 5.32 Å². The highest BCUT2D eigenvalue weighted by atomic mass is 16.5. The highest BCUT2D eigenvalue weighted by molar-refractivity contribution is 5.93. The Morgan fingerprint density at radius 2 is 2.45 bits per heavy atom. The molecule has 0 unspecified atom stereocenters. The number of amides is 1. The van der Waals surface area contributed by atoms with Crippen LogP contribution in [0.5, 0.6) is 0 Å². The van der Waals surface area contributed by atoms with Gasteiger partial charge in [-0.25, -0.2) is 0 Å². The van der Waals surface area contributed by atoms with Gasteiger partial charge in [0.15, 0.2) is 5.82 Å². The third-order valence-corrected chi connectivity index (χ3v) is 3.11. The number of hydrogen-bond donors (Lipinski definition) is 1. The Kier molecular flexibility index (Phi) is 3.78. The van der Waals surface area contributed by atoms with Gasteiger partial charge in [-0.1, -0.05) is 5.16 Å². The molecule has 1 aliphatic rings. The topological polar surface area (TPSA) is 90.4 Å². The molecule has 3 heterocycles. The highest BCUT2D eigenvalue weighted by Crippen LogP contribution is 2.26. The molecule has 1 fully saturated rings. The van der Waals surface area contributed by atoms with Gasteiger partial charge in [-0.3, -0.25) is 4.79 Å². The Balaban J connectivity index is 1.48. The first-order valence-electron chi connectivity index (χ1n) is 6.57. The smallest absolute Gasteiger partial charge is 0.255 e. The van der Waals surface area contributed by atoms with Crippen LogP contribution in [0.3, 0.4) is 0 Å². The van der Waals surface area contributed by atoms with Crippen molar-refractivity contribution in [3.05, 3.63) is 35.9 Å². The van der Waals surface area contributed by atoms with Crippen molar-refractivity contribution in [3.63, 3.8) is 0 Å². The maximum Gasteiger partial charge on any atom is 0.255 e. The minimum absolute atomic E-state index is 0.0724. The fraction of sp³-hybridized carbons (Fsp3) is 0.462. The van der Waals surface area contributed by atoms with Gasteiger partial charge < -0.3 is 19.0 Å². The van der Waals surface area contributed by atoms with E-state index in [1.165, 1.54) is 12.5 Å². The van der Waals surface area contributed by atoms with E-state index in [0.29, 0.717) is 30.2 Å². The van der Waals surface area contributed by atoms with Crippen molar-refractivity contribution in [3.8, 4) is 0 Å². The third kappa shape index (κ3) is 2.88. The summed E-state index contributed by atoms with van der Waals surface area (Å²) in [5.41, 5.74) is 0.498. The normalized spacial score (nSPS) is 18.3. The van der Waals surface area contributed by atoms with Crippen LogP contribution >= 0.6 is 0 Å². The van der Waals surface area contributed by atoms with Gasteiger partial charge >= 0.3 is 0 Å². The van der Waals surface area contributed by atoms with Crippen molar-refractivity contribution in [1.29, 1.82) is 0 Å². The first-order valence-corrected chi connectivity index (χ1v) is 6.57. The second-order valence-corrected chi connectivity index (χ2v) is 4.57. The lowest BCUT2D eigenvalue weighted by Gasteiger charge is -2.01. The van der Waals surface area contributed by atoms with E-state index in [1.54, 1.807) is 6.07 Å². The maximum absolute atomic E-state index is 11.7. The highest BCUT2D eigenvalue weighted by Gasteiger charge is 2.23. The first kappa shape index (κ1) is 12.9. The monoisotopic (exact) mass is 277 g/mol. The second kappa shape index (κ2) is 5.87. The largest absolute Gasteiger partial charge is 0.472 e. The quantitative estimate of drug-likeness (QED) is 0.890. The molecule has 2 aromatic heterocycles. The summed E-state index contributed by atoms with van der Waals surface area (Å²) >= 11 is 0. The van der Waals surface area contributed by atoms with Gasteiger partial charge in [0.25, 0.3) is 11.8 Å². The van der Waals surface area contributed by atoms with E-state index in [4.69, 9.17) is 13.7 Å². The Morgan fingerprint density at radius 3 is 3.20 bits per heavy atom. The molecule has 1 atom stereocenters. The molecule has 0 bridgehead atoms. The van der Waals surface area contributed by atoms with E-state index in [2.05, 4.69) is 15.5 Å². The van der Waals surface area contributed by atoms with E-state index in [0.717, 1.165) is 19.4 Å². The first-order chi connectivity index (χ1) is 9.83. The Hall–Kier alpha value is -2.15.